The third kappa shape index (κ3) is 11.1. The van der Waals surface area contributed by atoms with Crippen molar-refractivity contribution in [3.8, 4) is 5.75 Å². The first-order valence-corrected chi connectivity index (χ1v) is 22.0. The number of hydrogen-bond donors (Lipinski definition) is 3. The highest BCUT2D eigenvalue weighted by molar-refractivity contribution is 6.09. The number of nitrogens with zero attached hydrogens (tertiary/aromatic N) is 2. The van der Waals surface area contributed by atoms with Crippen LogP contribution in [0.2, 0.25) is 0 Å². The lowest BCUT2D eigenvalue weighted by Crippen LogP contribution is -2.24. The molecule has 9 rings (SSSR count). The zero-order valence-electron chi connectivity index (χ0n) is 39.2. The van der Waals surface area contributed by atoms with Gasteiger partial charge < -0.3 is 29.8 Å². The van der Waals surface area contributed by atoms with E-state index in [0.717, 1.165) is 60.6 Å². The van der Waals surface area contributed by atoms with Gasteiger partial charge in [0.2, 0.25) is 0 Å². The fraction of sp³-hybridized carbons (Fsp3) is 0.175. The Balaban J connectivity index is 0.000000147. The molecule has 0 aliphatic rings. The summed E-state index contributed by atoms with van der Waals surface area (Å²) in [7, 11) is 5.43. The maximum atomic E-state index is 12.6. The Bertz CT molecular complexity index is 3250. The number of rotatable bonds is 8. The van der Waals surface area contributed by atoms with Gasteiger partial charge in [-0.05, 0) is 142 Å². The summed E-state index contributed by atoms with van der Waals surface area (Å²) in [4.78, 5) is 37.5. The molecule has 0 atom stereocenters. The number of amides is 3. The van der Waals surface area contributed by atoms with E-state index in [1.807, 2.05) is 147 Å². The first-order valence-electron chi connectivity index (χ1n) is 22.0. The average Bonchev–Trinajstić information content (AvgIpc) is 3.79. The normalized spacial score (nSPS) is 10.7. The van der Waals surface area contributed by atoms with Gasteiger partial charge in [0.05, 0.1) is 12.7 Å². The zero-order valence-corrected chi connectivity index (χ0v) is 39.2. The molecule has 0 unspecified atom stereocenters. The van der Waals surface area contributed by atoms with Crippen LogP contribution in [0.1, 0.15) is 70.3 Å². The average molecular weight is 876 g/mol. The lowest BCUT2D eigenvalue weighted by atomic mass is 10.0. The molecule has 2 aromatic heterocycles. The second-order valence-corrected chi connectivity index (χ2v) is 17.0. The van der Waals surface area contributed by atoms with Crippen LogP contribution in [-0.4, -0.2) is 34.0 Å². The molecule has 0 radical (unpaired) electrons. The second kappa shape index (κ2) is 20.3. The van der Waals surface area contributed by atoms with Crippen LogP contribution in [-0.2, 0) is 20.6 Å². The van der Waals surface area contributed by atoms with E-state index in [1.165, 1.54) is 22.3 Å². The van der Waals surface area contributed by atoms with Crippen molar-refractivity contribution >= 4 is 61.7 Å². The molecule has 9 nitrogen and oxygen atoms in total. The molecule has 9 aromatic rings. The minimum absolute atomic E-state index is 0.0436. The van der Waals surface area contributed by atoms with E-state index in [1.54, 1.807) is 7.11 Å². The molecule has 0 bridgehead atoms. The molecular formula is C57H57N5O4. The standard InChI is InChI=1S/C20H19NO2.C19H20N2O.C18H18N2O/c1-13-5-4-6-17(10-13)21-20(22)18-11-15-8-7-14(2)9-16(15)12-19(18)23-3;1-13-5-4-6-15(9-13)12-20-19(22)18-11-16-10-14(2)7-8-17(16)21(18)3;1-12-5-4-6-15(10-12)19-18(21)17-11-14-9-13(2)7-8-16(14)20(17)3/h4-12H,1-3H3,(H,21,22);4-11H,12H2,1-3H3,(H,20,22);4-11H,1-3H3,(H,19,21). The van der Waals surface area contributed by atoms with Crippen molar-refractivity contribution in [2.24, 2.45) is 14.1 Å². The minimum atomic E-state index is -0.171. The van der Waals surface area contributed by atoms with E-state index in [2.05, 4.69) is 85.3 Å². The van der Waals surface area contributed by atoms with Gasteiger partial charge in [0, 0.05) is 53.8 Å². The lowest BCUT2D eigenvalue weighted by molar-refractivity contribution is 0.0941. The van der Waals surface area contributed by atoms with Crippen molar-refractivity contribution < 1.29 is 19.1 Å². The Morgan fingerprint density at radius 1 is 0.455 bits per heavy atom. The van der Waals surface area contributed by atoms with Gasteiger partial charge in [-0.3, -0.25) is 14.4 Å². The zero-order chi connectivity index (χ0) is 47.1. The van der Waals surface area contributed by atoms with Gasteiger partial charge in [0.1, 0.15) is 17.1 Å². The van der Waals surface area contributed by atoms with Gasteiger partial charge >= 0.3 is 0 Å². The van der Waals surface area contributed by atoms with Crippen molar-refractivity contribution in [3.63, 3.8) is 0 Å². The Morgan fingerprint density at radius 2 is 0.924 bits per heavy atom. The number of carbonyl (C=O) groups excluding carboxylic acids is 3. The summed E-state index contributed by atoms with van der Waals surface area (Å²) >= 11 is 0. The van der Waals surface area contributed by atoms with Crippen LogP contribution >= 0.6 is 0 Å². The molecule has 334 valence electrons. The number of ether oxygens (including phenoxy) is 1. The molecule has 0 aliphatic carbocycles. The molecule has 7 aromatic carbocycles. The summed E-state index contributed by atoms with van der Waals surface area (Å²) < 4.78 is 9.29. The summed E-state index contributed by atoms with van der Waals surface area (Å²) in [5.41, 5.74) is 13.7. The SMILES string of the molecule is COc1cc2cc(C)ccc2cc1C(=O)Nc1cccc(C)c1.Cc1cccc(CNC(=O)c2cc3cc(C)ccc3n2C)c1.Cc1cccc(NC(=O)c2cc3cc(C)ccc3n2C)c1. The quantitative estimate of drug-likeness (QED) is 0.141. The van der Waals surface area contributed by atoms with E-state index in [0.29, 0.717) is 29.2 Å². The first kappa shape index (κ1) is 46.1. The van der Waals surface area contributed by atoms with E-state index < -0.39 is 0 Å². The summed E-state index contributed by atoms with van der Waals surface area (Å²) in [6.07, 6.45) is 0. The van der Waals surface area contributed by atoms with Crippen molar-refractivity contribution in [2.45, 2.75) is 48.1 Å². The molecular weight excluding hydrogens is 819 g/mol. The lowest BCUT2D eigenvalue weighted by Gasteiger charge is -2.12. The van der Waals surface area contributed by atoms with Crippen LogP contribution in [0.4, 0.5) is 11.4 Å². The van der Waals surface area contributed by atoms with Crippen molar-refractivity contribution in [2.75, 3.05) is 17.7 Å². The van der Waals surface area contributed by atoms with Crippen molar-refractivity contribution in [3.05, 3.63) is 208 Å². The largest absolute Gasteiger partial charge is 0.496 e. The Kier molecular flexibility index (Phi) is 14.2. The summed E-state index contributed by atoms with van der Waals surface area (Å²) in [6, 6.07) is 50.0. The second-order valence-electron chi connectivity index (χ2n) is 17.0. The number of nitrogens with one attached hydrogen (secondary N) is 3. The van der Waals surface area contributed by atoms with Gasteiger partial charge in [-0.25, -0.2) is 0 Å². The number of aromatic nitrogens is 2. The highest BCUT2D eigenvalue weighted by atomic mass is 16.5. The molecule has 0 fully saturated rings. The molecule has 0 saturated carbocycles. The molecule has 9 heteroatoms. The van der Waals surface area contributed by atoms with Crippen LogP contribution in [0.3, 0.4) is 0 Å². The molecule has 66 heavy (non-hydrogen) atoms. The monoisotopic (exact) mass is 875 g/mol. The third-order valence-electron chi connectivity index (χ3n) is 11.5. The van der Waals surface area contributed by atoms with Crippen molar-refractivity contribution in [1.82, 2.24) is 14.5 Å². The maximum absolute atomic E-state index is 12.6. The first-order chi connectivity index (χ1) is 31.6. The molecule has 0 spiro atoms. The molecule has 0 aliphatic heterocycles. The van der Waals surface area contributed by atoms with Gasteiger partial charge in [-0.15, -0.1) is 0 Å². The van der Waals surface area contributed by atoms with E-state index in [9.17, 15) is 14.4 Å². The number of fused-ring (bicyclic) bond motifs is 3. The van der Waals surface area contributed by atoms with Gasteiger partial charge in [-0.2, -0.15) is 0 Å². The topological polar surface area (TPSA) is 106 Å². The van der Waals surface area contributed by atoms with Gasteiger partial charge in [-0.1, -0.05) is 101 Å². The number of hydrogen-bond acceptors (Lipinski definition) is 4. The smallest absolute Gasteiger partial charge is 0.272 e. The van der Waals surface area contributed by atoms with Gasteiger partial charge in [0.25, 0.3) is 17.7 Å². The number of carbonyl (C=O) groups is 3. The van der Waals surface area contributed by atoms with E-state index in [-0.39, 0.29) is 17.7 Å². The molecule has 3 N–H and O–H groups in total. The molecule has 0 saturated heterocycles. The van der Waals surface area contributed by atoms with Crippen molar-refractivity contribution in [1.29, 1.82) is 0 Å². The maximum Gasteiger partial charge on any atom is 0.272 e. The molecule has 2 heterocycles. The Morgan fingerprint density at radius 3 is 1.45 bits per heavy atom. The van der Waals surface area contributed by atoms with Crippen LogP contribution < -0.4 is 20.7 Å². The third-order valence-corrected chi connectivity index (χ3v) is 11.5. The van der Waals surface area contributed by atoms with Crippen LogP contribution in [0.15, 0.2) is 152 Å². The fourth-order valence-corrected chi connectivity index (χ4v) is 8.05. The van der Waals surface area contributed by atoms with Gasteiger partial charge in [0.15, 0.2) is 0 Å². The Labute approximate surface area is 387 Å². The van der Waals surface area contributed by atoms with Crippen LogP contribution in [0, 0.1) is 41.5 Å². The van der Waals surface area contributed by atoms with Crippen LogP contribution in [0.5, 0.6) is 5.75 Å². The fourth-order valence-electron chi connectivity index (χ4n) is 8.05. The Hall–Kier alpha value is -7.91. The minimum Gasteiger partial charge on any atom is -0.496 e. The summed E-state index contributed by atoms with van der Waals surface area (Å²) in [5.74, 6) is 0.276. The summed E-state index contributed by atoms with van der Waals surface area (Å²) in [5, 5.41) is 13.2. The molecule has 3 amide bonds. The number of anilines is 2. The predicted molar refractivity (Wildman–Crippen MR) is 271 cm³/mol. The van der Waals surface area contributed by atoms with E-state index in [4.69, 9.17) is 4.74 Å². The number of benzene rings is 7. The highest BCUT2D eigenvalue weighted by Crippen LogP contribution is 2.28. The predicted octanol–water partition coefficient (Wildman–Crippen LogP) is 12.5. The van der Waals surface area contributed by atoms with E-state index >= 15 is 0 Å². The van der Waals surface area contributed by atoms with Crippen LogP contribution in [0.25, 0.3) is 32.6 Å². The highest BCUT2D eigenvalue weighted by Gasteiger charge is 2.16. The summed E-state index contributed by atoms with van der Waals surface area (Å²) in [6.45, 7) is 12.8. The number of aryl methyl sites for hydroxylation is 8. The number of methoxy groups -OCH3 is 1.